The Morgan fingerprint density at radius 2 is 1.77 bits per heavy atom. The Balaban J connectivity index is 1.76. The number of fused-ring (bicyclic) bond motifs is 1. The Hall–Kier alpha value is -3.19. The van der Waals surface area contributed by atoms with Crippen molar-refractivity contribution in [2.45, 2.75) is 18.9 Å². The topological polar surface area (TPSA) is 74.6 Å². The summed E-state index contributed by atoms with van der Waals surface area (Å²) in [6, 6.07) is 11.3. The lowest BCUT2D eigenvalue weighted by molar-refractivity contribution is -0.116. The number of methoxy groups -OCH3 is 3. The summed E-state index contributed by atoms with van der Waals surface area (Å²) < 4.78 is 18.3. The fraction of sp³-hybridized carbons (Fsp3) is 0.273. The number of hydrogen-bond acceptors (Lipinski definition) is 5. The smallest absolute Gasteiger partial charge is 0.226 e. The van der Waals surface area contributed by atoms with Crippen LogP contribution in [0.5, 0.6) is 17.2 Å². The molecule has 2 aromatic carbocycles. The van der Waals surface area contributed by atoms with E-state index in [9.17, 15) is 4.79 Å². The maximum Gasteiger partial charge on any atom is 0.226 e. The third kappa shape index (κ3) is 3.57. The molecule has 1 aliphatic rings. The Morgan fingerprint density at radius 1 is 1.03 bits per heavy atom. The molecule has 0 saturated heterocycles. The zero-order valence-electron chi connectivity index (χ0n) is 16.9. The molecule has 1 atom stereocenters. The van der Waals surface area contributed by atoms with E-state index in [1.165, 1.54) is 0 Å². The molecule has 156 valence electrons. The molecule has 1 aromatic heterocycles. The van der Waals surface area contributed by atoms with E-state index >= 15 is 0 Å². The number of carbonyl (C=O) groups excluding carboxylic acids is 1. The van der Waals surface area contributed by atoms with Gasteiger partial charge in [-0.05, 0) is 23.8 Å². The molecule has 3 aromatic rings. The summed E-state index contributed by atoms with van der Waals surface area (Å²) in [6.45, 7) is 0.516. The van der Waals surface area contributed by atoms with Crippen molar-refractivity contribution in [3.8, 4) is 17.2 Å². The highest BCUT2D eigenvalue weighted by Gasteiger charge is 2.33. The van der Waals surface area contributed by atoms with Gasteiger partial charge in [0.1, 0.15) is 5.82 Å². The number of aromatic nitrogens is 2. The molecule has 0 aliphatic carbocycles. The van der Waals surface area contributed by atoms with Crippen LogP contribution in [0, 0.1) is 0 Å². The first-order valence-corrected chi connectivity index (χ1v) is 9.82. The summed E-state index contributed by atoms with van der Waals surface area (Å²) in [5.74, 6) is 2.00. The number of hydrogen-bond donors (Lipinski definition) is 1. The number of rotatable bonds is 6. The van der Waals surface area contributed by atoms with Gasteiger partial charge in [0.15, 0.2) is 11.5 Å². The average molecular weight is 428 g/mol. The Bertz CT molecular complexity index is 1080. The van der Waals surface area contributed by atoms with E-state index in [2.05, 4.69) is 10.4 Å². The molecule has 7 nitrogen and oxygen atoms in total. The lowest BCUT2D eigenvalue weighted by atomic mass is 9.86. The molecule has 0 bridgehead atoms. The van der Waals surface area contributed by atoms with Crippen molar-refractivity contribution in [3.63, 3.8) is 0 Å². The molecule has 8 heteroatoms. The minimum Gasteiger partial charge on any atom is -0.493 e. The van der Waals surface area contributed by atoms with E-state index in [1.54, 1.807) is 32.2 Å². The molecule has 30 heavy (non-hydrogen) atoms. The summed E-state index contributed by atoms with van der Waals surface area (Å²) in [7, 11) is 4.71. The number of carbonyl (C=O) groups is 1. The summed E-state index contributed by atoms with van der Waals surface area (Å²) in [5.41, 5.74) is 2.80. The van der Waals surface area contributed by atoms with Crippen molar-refractivity contribution in [2.75, 3.05) is 26.6 Å². The normalized spacial score (nSPS) is 15.3. The first-order valence-electron chi connectivity index (χ1n) is 9.44. The average Bonchev–Trinajstić information content (AvgIpc) is 3.15. The fourth-order valence-electron chi connectivity index (χ4n) is 3.83. The number of benzene rings is 2. The predicted molar refractivity (Wildman–Crippen MR) is 114 cm³/mol. The second-order valence-corrected chi connectivity index (χ2v) is 7.40. The van der Waals surface area contributed by atoms with Crippen LogP contribution in [0.4, 0.5) is 5.82 Å². The molecule has 1 aliphatic heterocycles. The SMILES string of the molecule is COc1ccc([C@H]2CC(=O)Nc3c2cnn3Cc2ccc(Cl)cc2)c(OC)c1OC. The van der Waals surface area contributed by atoms with E-state index in [0.29, 0.717) is 34.6 Å². The number of nitrogens with one attached hydrogen (secondary N) is 1. The van der Waals surface area contributed by atoms with Crippen LogP contribution in [0.25, 0.3) is 0 Å². The third-order valence-corrected chi connectivity index (χ3v) is 5.50. The molecule has 2 heterocycles. The summed E-state index contributed by atoms with van der Waals surface area (Å²) in [4.78, 5) is 12.6. The summed E-state index contributed by atoms with van der Waals surface area (Å²) in [5, 5.41) is 8.17. The standard InChI is InChI=1S/C22H22ClN3O4/c1-28-18-9-8-15(20(29-2)21(18)30-3)16-10-19(27)25-22-17(16)11-24-26(22)12-13-4-6-14(23)7-5-13/h4-9,11,16H,10,12H2,1-3H3,(H,25,27)/t16-/m1/s1. The van der Waals surface area contributed by atoms with E-state index in [4.69, 9.17) is 25.8 Å². The minimum absolute atomic E-state index is 0.0813. The van der Waals surface area contributed by atoms with Crippen LogP contribution in [0.1, 0.15) is 29.0 Å². The van der Waals surface area contributed by atoms with Gasteiger partial charge in [-0.3, -0.25) is 4.79 Å². The molecule has 1 N–H and O–H groups in total. The largest absolute Gasteiger partial charge is 0.493 e. The highest BCUT2D eigenvalue weighted by Crippen LogP contribution is 2.47. The van der Waals surface area contributed by atoms with Crippen LogP contribution in [0.2, 0.25) is 5.02 Å². The van der Waals surface area contributed by atoms with Crippen LogP contribution >= 0.6 is 11.6 Å². The second kappa shape index (κ2) is 8.28. The molecule has 0 fully saturated rings. The highest BCUT2D eigenvalue weighted by atomic mass is 35.5. The zero-order chi connectivity index (χ0) is 21.3. The van der Waals surface area contributed by atoms with Crippen LogP contribution in [0.15, 0.2) is 42.6 Å². The number of anilines is 1. The molecule has 0 saturated carbocycles. The molecule has 1 amide bonds. The maximum atomic E-state index is 12.6. The van der Waals surface area contributed by atoms with Crippen molar-refractivity contribution in [1.29, 1.82) is 0 Å². The van der Waals surface area contributed by atoms with Gasteiger partial charge in [0.05, 0.1) is 34.1 Å². The van der Waals surface area contributed by atoms with Gasteiger partial charge in [0.2, 0.25) is 11.7 Å². The van der Waals surface area contributed by atoms with Gasteiger partial charge >= 0.3 is 0 Å². The first kappa shape index (κ1) is 20.1. The Morgan fingerprint density at radius 3 is 2.43 bits per heavy atom. The molecule has 0 unspecified atom stereocenters. The quantitative estimate of drug-likeness (QED) is 0.641. The number of ether oxygens (including phenoxy) is 3. The molecular weight excluding hydrogens is 406 g/mol. The highest BCUT2D eigenvalue weighted by molar-refractivity contribution is 6.30. The van der Waals surface area contributed by atoms with Crippen LogP contribution < -0.4 is 19.5 Å². The van der Waals surface area contributed by atoms with Crippen LogP contribution in [-0.4, -0.2) is 37.0 Å². The van der Waals surface area contributed by atoms with Crippen molar-refractivity contribution in [1.82, 2.24) is 9.78 Å². The molecular formula is C22H22ClN3O4. The van der Waals surface area contributed by atoms with Gasteiger partial charge in [-0.15, -0.1) is 0 Å². The molecule has 0 radical (unpaired) electrons. The Kier molecular flexibility index (Phi) is 5.55. The van der Waals surface area contributed by atoms with E-state index in [-0.39, 0.29) is 18.2 Å². The number of nitrogens with zero attached hydrogens (tertiary/aromatic N) is 2. The van der Waals surface area contributed by atoms with E-state index in [0.717, 1.165) is 16.7 Å². The lowest BCUT2D eigenvalue weighted by Crippen LogP contribution is -2.25. The third-order valence-electron chi connectivity index (χ3n) is 5.25. The predicted octanol–water partition coefficient (Wildman–Crippen LogP) is 4.08. The fourth-order valence-corrected chi connectivity index (χ4v) is 3.95. The number of amides is 1. The van der Waals surface area contributed by atoms with Gasteiger partial charge in [0, 0.05) is 28.5 Å². The van der Waals surface area contributed by atoms with Gasteiger partial charge in [-0.25, -0.2) is 4.68 Å². The van der Waals surface area contributed by atoms with Crippen molar-refractivity contribution in [2.24, 2.45) is 0 Å². The zero-order valence-corrected chi connectivity index (χ0v) is 17.7. The van der Waals surface area contributed by atoms with E-state index in [1.807, 2.05) is 36.4 Å². The van der Waals surface area contributed by atoms with Crippen molar-refractivity contribution >= 4 is 23.3 Å². The first-order chi connectivity index (χ1) is 14.5. The van der Waals surface area contributed by atoms with Crippen LogP contribution in [0.3, 0.4) is 0 Å². The summed E-state index contributed by atoms with van der Waals surface area (Å²) in [6.07, 6.45) is 2.08. The van der Waals surface area contributed by atoms with Crippen molar-refractivity contribution < 1.29 is 19.0 Å². The Labute approximate surface area is 179 Å². The van der Waals surface area contributed by atoms with Gasteiger partial charge in [0.25, 0.3) is 0 Å². The minimum atomic E-state index is -0.220. The summed E-state index contributed by atoms with van der Waals surface area (Å²) >= 11 is 5.98. The monoisotopic (exact) mass is 427 g/mol. The van der Waals surface area contributed by atoms with E-state index < -0.39 is 0 Å². The molecule has 0 spiro atoms. The maximum absolute atomic E-state index is 12.6. The van der Waals surface area contributed by atoms with Gasteiger partial charge in [-0.1, -0.05) is 29.8 Å². The second-order valence-electron chi connectivity index (χ2n) is 6.96. The lowest BCUT2D eigenvalue weighted by Gasteiger charge is -2.26. The van der Waals surface area contributed by atoms with Crippen molar-refractivity contribution in [3.05, 3.63) is 64.3 Å². The van der Waals surface area contributed by atoms with Crippen LogP contribution in [-0.2, 0) is 11.3 Å². The molecule has 4 rings (SSSR count). The van der Waals surface area contributed by atoms with Gasteiger partial charge in [-0.2, -0.15) is 5.10 Å². The number of halogens is 1. The van der Waals surface area contributed by atoms with Gasteiger partial charge < -0.3 is 19.5 Å².